The number of rotatable bonds is 7. The van der Waals surface area contributed by atoms with Crippen molar-refractivity contribution in [3.63, 3.8) is 0 Å². The molecule has 134 valence electrons. The van der Waals surface area contributed by atoms with E-state index < -0.39 is 23.5 Å². The fraction of sp³-hybridized carbons (Fsp3) is 0.263. The second-order valence-corrected chi connectivity index (χ2v) is 5.46. The number of H-pyrrole nitrogens is 1. The van der Waals surface area contributed by atoms with Gasteiger partial charge in [0.2, 0.25) is 0 Å². The quantitative estimate of drug-likeness (QED) is 0.603. The molecule has 0 unspecified atom stereocenters. The number of ketones is 2. The largest absolute Gasteiger partial charge is 0.497 e. The van der Waals surface area contributed by atoms with Gasteiger partial charge in [-0.2, -0.15) is 5.26 Å². The molecule has 0 spiro atoms. The van der Waals surface area contributed by atoms with Crippen LogP contribution in [0.2, 0.25) is 0 Å². The van der Waals surface area contributed by atoms with Gasteiger partial charge in [-0.1, -0.05) is 6.92 Å². The standard InChI is InChI=1S/C19H18N2O5/c1-4-15-14(7-11(10-20)19(24)21-15)17(23)9-16(22)13-6-5-12(25-2)8-18(13)26-3/h5-8H,4,9H2,1-3H3,(H,21,24). The van der Waals surface area contributed by atoms with Crippen LogP contribution in [0.15, 0.2) is 29.1 Å². The maximum absolute atomic E-state index is 12.6. The lowest BCUT2D eigenvalue weighted by Gasteiger charge is -2.10. The minimum absolute atomic E-state index is 0.167. The summed E-state index contributed by atoms with van der Waals surface area (Å²) >= 11 is 0. The molecule has 7 nitrogen and oxygen atoms in total. The molecule has 1 aromatic heterocycles. The fourth-order valence-corrected chi connectivity index (χ4v) is 2.54. The maximum Gasteiger partial charge on any atom is 0.266 e. The number of ether oxygens (including phenoxy) is 2. The topological polar surface area (TPSA) is 109 Å². The van der Waals surface area contributed by atoms with E-state index in [2.05, 4.69) is 4.98 Å². The van der Waals surface area contributed by atoms with Crippen LogP contribution >= 0.6 is 0 Å². The number of hydrogen-bond acceptors (Lipinski definition) is 6. The van der Waals surface area contributed by atoms with Crippen molar-refractivity contribution >= 4 is 11.6 Å². The number of hydrogen-bond donors (Lipinski definition) is 1. The van der Waals surface area contributed by atoms with Gasteiger partial charge in [0.25, 0.3) is 5.56 Å². The predicted molar refractivity (Wildman–Crippen MR) is 94.0 cm³/mol. The van der Waals surface area contributed by atoms with Gasteiger partial charge >= 0.3 is 0 Å². The Kier molecular flexibility index (Phi) is 5.91. The molecule has 0 aliphatic carbocycles. The van der Waals surface area contributed by atoms with Crippen molar-refractivity contribution in [1.29, 1.82) is 5.26 Å². The van der Waals surface area contributed by atoms with E-state index in [1.54, 1.807) is 25.1 Å². The zero-order chi connectivity index (χ0) is 19.3. The highest BCUT2D eigenvalue weighted by Crippen LogP contribution is 2.26. The Morgan fingerprint density at radius 2 is 1.81 bits per heavy atom. The van der Waals surface area contributed by atoms with Gasteiger partial charge in [0, 0.05) is 17.3 Å². The summed E-state index contributed by atoms with van der Waals surface area (Å²) in [4.78, 5) is 39.4. The lowest BCUT2D eigenvalue weighted by Crippen LogP contribution is -2.19. The molecule has 0 bridgehead atoms. The average molecular weight is 354 g/mol. The van der Waals surface area contributed by atoms with Gasteiger partial charge in [-0.15, -0.1) is 0 Å². The molecule has 0 fully saturated rings. The lowest BCUT2D eigenvalue weighted by molar-refractivity contribution is 0.0892. The van der Waals surface area contributed by atoms with Crippen molar-refractivity contribution in [2.45, 2.75) is 19.8 Å². The Hall–Kier alpha value is -3.40. The Morgan fingerprint density at radius 3 is 2.38 bits per heavy atom. The van der Waals surface area contributed by atoms with Crippen LogP contribution in [0.1, 0.15) is 45.3 Å². The van der Waals surface area contributed by atoms with Crippen LogP contribution in [0.5, 0.6) is 11.5 Å². The summed E-state index contributed by atoms with van der Waals surface area (Å²) in [5.74, 6) is -0.0759. The van der Waals surface area contributed by atoms with E-state index in [0.717, 1.165) is 0 Å². The molecule has 0 saturated heterocycles. The summed E-state index contributed by atoms with van der Waals surface area (Å²) in [6.45, 7) is 1.77. The molecule has 0 atom stereocenters. The van der Waals surface area contributed by atoms with Crippen LogP contribution < -0.4 is 15.0 Å². The van der Waals surface area contributed by atoms with Crippen LogP contribution in [-0.2, 0) is 6.42 Å². The number of nitrogens with zero attached hydrogens (tertiary/aromatic N) is 1. The molecule has 26 heavy (non-hydrogen) atoms. The summed E-state index contributed by atoms with van der Waals surface area (Å²) in [5, 5.41) is 8.99. The third kappa shape index (κ3) is 3.81. The number of nitrogens with one attached hydrogen (secondary N) is 1. The molecule has 0 aliphatic heterocycles. The minimum atomic E-state index is -0.552. The van der Waals surface area contributed by atoms with E-state index in [1.807, 2.05) is 0 Å². The zero-order valence-electron chi connectivity index (χ0n) is 14.7. The van der Waals surface area contributed by atoms with Gasteiger partial charge in [0.15, 0.2) is 11.6 Å². The third-order valence-corrected chi connectivity index (χ3v) is 3.93. The summed E-state index contributed by atoms with van der Waals surface area (Å²) in [6, 6.07) is 7.67. The van der Waals surface area contributed by atoms with Gasteiger partial charge in [0.05, 0.1) is 26.2 Å². The first-order valence-corrected chi connectivity index (χ1v) is 7.89. The molecule has 0 aliphatic rings. The summed E-state index contributed by atoms with van der Waals surface area (Å²) in [7, 11) is 2.92. The van der Waals surface area contributed by atoms with E-state index in [0.29, 0.717) is 23.6 Å². The molecule has 1 N–H and O–H groups in total. The second kappa shape index (κ2) is 8.12. The van der Waals surface area contributed by atoms with Gasteiger partial charge < -0.3 is 14.5 Å². The summed E-state index contributed by atoms with van der Waals surface area (Å²) in [6.07, 6.45) is -0.0192. The lowest BCUT2D eigenvalue weighted by atomic mass is 9.98. The Morgan fingerprint density at radius 1 is 1.12 bits per heavy atom. The van der Waals surface area contributed by atoms with Crippen molar-refractivity contribution in [2.75, 3.05) is 14.2 Å². The maximum atomic E-state index is 12.6. The van der Waals surface area contributed by atoms with E-state index in [-0.39, 0.29) is 16.7 Å². The fourth-order valence-electron chi connectivity index (χ4n) is 2.54. The van der Waals surface area contributed by atoms with E-state index in [1.165, 1.54) is 26.4 Å². The molecule has 0 saturated carbocycles. The first kappa shape index (κ1) is 18.9. The van der Waals surface area contributed by atoms with Crippen LogP contribution in [-0.4, -0.2) is 30.8 Å². The minimum Gasteiger partial charge on any atom is -0.497 e. The normalized spacial score (nSPS) is 10.1. The first-order valence-electron chi connectivity index (χ1n) is 7.89. The van der Waals surface area contributed by atoms with Crippen molar-refractivity contribution in [3.05, 3.63) is 57.0 Å². The van der Waals surface area contributed by atoms with E-state index in [9.17, 15) is 14.4 Å². The first-order chi connectivity index (χ1) is 12.4. The predicted octanol–water partition coefficient (Wildman–Crippen LogP) is 2.28. The number of aryl methyl sites for hydroxylation is 1. The molecule has 0 amide bonds. The summed E-state index contributed by atoms with van der Waals surface area (Å²) in [5.41, 5.74) is 0.103. The number of nitriles is 1. The molecule has 0 radical (unpaired) electrons. The number of carbonyl (C=O) groups excluding carboxylic acids is 2. The molecular formula is C19H18N2O5. The Labute approximate surface area is 150 Å². The molecular weight excluding hydrogens is 336 g/mol. The summed E-state index contributed by atoms with van der Waals surface area (Å²) < 4.78 is 10.3. The Bertz CT molecular complexity index is 953. The SMILES string of the molecule is CCc1[nH]c(=O)c(C#N)cc1C(=O)CC(=O)c1ccc(OC)cc1OC. The van der Waals surface area contributed by atoms with Crippen molar-refractivity contribution in [1.82, 2.24) is 4.98 Å². The zero-order valence-corrected chi connectivity index (χ0v) is 14.7. The third-order valence-electron chi connectivity index (χ3n) is 3.93. The number of Topliss-reactive ketones (excluding diaryl/α,β-unsaturated/α-hetero) is 2. The number of methoxy groups -OCH3 is 2. The van der Waals surface area contributed by atoms with Crippen LogP contribution in [0, 0.1) is 11.3 Å². The number of carbonyl (C=O) groups is 2. The van der Waals surface area contributed by atoms with E-state index in [4.69, 9.17) is 14.7 Å². The average Bonchev–Trinajstić information content (AvgIpc) is 2.66. The highest BCUT2D eigenvalue weighted by Gasteiger charge is 2.21. The number of aromatic nitrogens is 1. The monoisotopic (exact) mass is 354 g/mol. The molecule has 2 aromatic rings. The highest BCUT2D eigenvalue weighted by molar-refractivity contribution is 6.14. The van der Waals surface area contributed by atoms with Crippen LogP contribution in [0.4, 0.5) is 0 Å². The van der Waals surface area contributed by atoms with Crippen molar-refractivity contribution in [2.24, 2.45) is 0 Å². The van der Waals surface area contributed by atoms with Gasteiger partial charge in [0.1, 0.15) is 23.1 Å². The second-order valence-electron chi connectivity index (χ2n) is 5.46. The number of pyridine rings is 1. The molecule has 7 heteroatoms. The van der Waals surface area contributed by atoms with Crippen LogP contribution in [0.25, 0.3) is 0 Å². The molecule has 2 rings (SSSR count). The molecule has 1 aromatic carbocycles. The Balaban J connectivity index is 2.35. The van der Waals surface area contributed by atoms with Crippen LogP contribution in [0.3, 0.4) is 0 Å². The van der Waals surface area contributed by atoms with E-state index >= 15 is 0 Å². The molecule has 1 heterocycles. The van der Waals surface area contributed by atoms with Gasteiger partial charge in [-0.3, -0.25) is 14.4 Å². The van der Waals surface area contributed by atoms with Crippen molar-refractivity contribution < 1.29 is 19.1 Å². The highest BCUT2D eigenvalue weighted by atomic mass is 16.5. The van der Waals surface area contributed by atoms with Gasteiger partial charge in [-0.05, 0) is 24.6 Å². The number of aromatic amines is 1. The smallest absolute Gasteiger partial charge is 0.266 e. The number of benzene rings is 1. The van der Waals surface area contributed by atoms with Gasteiger partial charge in [-0.25, -0.2) is 0 Å². The van der Waals surface area contributed by atoms with Crippen molar-refractivity contribution in [3.8, 4) is 17.6 Å².